The maximum absolute atomic E-state index is 12.5. The SMILES string of the molecule is O=C(CSc1nnc(-c2c[nH]c3ccccc23)n1-c1ccc(Cl)cc1)NC1CCS(=O)(=O)C1. The fourth-order valence-corrected chi connectivity index (χ4v) is 6.49. The second-order valence-electron chi connectivity index (χ2n) is 7.82. The van der Waals surface area contributed by atoms with Gasteiger partial charge in [0.1, 0.15) is 0 Å². The Morgan fingerprint density at radius 1 is 1.18 bits per heavy atom. The van der Waals surface area contributed by atoms with Gasteiger partial charge in [0, 0.05) is 39.4 Å². The highest BCUT2D eigenvalue weighted by Gasteiger charge is 2.29. The van der Waals surface area contributed by atoms with Gasteiger partial charge in [-0.25, -0.2) is 8.42 Å². The molecule has 0 radical (unpaired) electrons. The van der Waals surface area contributed by atoms with Crippen molar-refractivity contribution in [2.45, 2.75) is 17.6 Å². The van der Waals surface area contributed by atoms with Gasteiger partial charge in [0.05, 0.1) is 17.3 Å². The molecule has 2 aromatic carbocycles. The lowest BCUT2D eigenvalue weighted by atomic mass is 10.1. The van der Waals surface area contributed by atoms with Gasteiger partial charge in [0.2, 0.25) is 5.91 Å². The van der Waals surface area contributed by atoms with Gasteiger partial charge < -0.3 is 10.3 Å². The highest BCUT2D eigenvalue weighted by Crippen LogP contribution is 2.32. The molecule has 1 aliphatic rings. The first-order chi connectivity index (χ1) is 15.9. The first-order valence-electron chi connectivity index (χ1n) is 10.3. The monoisotopic (exact) mass is 501 g/mol. The molecule has 5 rings (SSSR count). The number of rotatable bonds is 6. The van der Waals surface area contributed by atoms with Crippen molar-refractivity contribution < 1.29 is 13.2 Å². The Balaban J connectivity index is 1.44. The largest absolute Gasteiger partial charge is 0.360 e. The maximum Gasteiger partial charge on any atom is 0.230 e. The molecule has 1 saturated heterocycles. The Hall–Kier alpha value is -2.82. The Bertz CT molecular complexity index is 1430. The molecule has 33 heavy (non-hydrogen) atoms. The standard InChI is InChI=1S/C22H20ClN5O3S2/c23-14-5-7-16(8-6-14)28-21(18-11-24-19-4-2-1-3-17(18)19)26-27-22(28)32-12-20(29)25-15-9-10-33(30,31)13-15/h1-8,11,15,24H,9-10,12-13H2,(H,25,29). The predicted molar refractivity (Wildman–Crippen MR) is 130 cm³/mol. The Labute approximate surface area is 199 Å². The van der Waals surface area contributed by atoms with Crippen molar-refractivity contribution in [3.63, 3.8) is 0 Å². The molecule has 2 N–H and O–H groups in total. The molecule has 2 aromatic heterocycles. The quantitative estimate of drug-likeness (QED) is 0.391. The van der Waals surface area contributed by atoms with Gasteiger partial charge in [-0.15, -0.1) is 10.2 Å². The summed E-state index contributed by atoms with van der Waals surface area (Å²) in [7, 11) is -3.06. The smallest absolute Gasteiger partial charge is 0.230 e. The lowest BCUT2D eigenvalue weighted by molar-refractivity contribution is -0.119. The summed E-state index contributed by atoms with van der Waals surface area (Å²) in [5.41, 5.74) is 2.69. The molecule has 11 heteroatoms. The molecule has 1 unspecified atom stereocenters. The number of hydrogen-bond donors (Lipinski definition) is 2. The zero-order valence-corrected chi connectivity index (χ0v) is 19.8. The van der Waals surface area contributed by atoms with Crippen molar-refractivity contribution in [2.75, 3.05) is 17.3 Å². The molecule has 1 fully saturated rings. The van der Waals surface area contributed by atoms with Crippen LogP contribution in [0.15, 0.2) is 59.9 Å². The van der Waals surface area contributed by atoms with E-state index in [4.69, 9.17) is 11.6 Å². The van der Waals surface area contributed by atoms with E-state index in [1.807, 2.05) is 47.2 Å². The third kappa shape index (κ3) is 4.64. The molecular weight excluding hydrogens is 482 g/mol. The van der Waals surface area contributed by atoms with Crippen LogP contribution < -0.4 is 5.32 Å². The second kappa shape index (κ2) is 8.85. The number of thioether (sulfide) groups is 1. The number of nitrogens with one attached hydrogen (secondary N) is 2. The van der Waals surface area contributed by atoms with Crippen LogP contribution in [0, 0.1) is 0 Å². The Morgan fingerprint density at radius 3 is 2.73 bits per heavy atom. The van der Waals surface area contributed by atoms with Crippen molar-refractivity contribution in [3.05, 3.63) is 59.8 Å². The van der Waals surface area contributed by atoms with Crippen LogP contribution in [-0.4, -0.2) is 57.4 Å². The van der Waals surface area contributed by atoms with Gasteiger partial charge in [-0.2, -0.15) is 0 Å². The number of aromatic amines is 1. The van der Waals surface area contributed by atoms with E-state index in [1.54, 1.807) is 12.1 Å². The first kappa shape index (κ1) is 22.0. The molecule has 4 aromatic rings. The number of hydrogen-bond acceptors (Lipinski definition) is 6. The van der Waals surface area contributed by atoms with Crippen LogP contribution in [-0.2, 0) is 14.6 Å². The number of carbonyl (C=O) groups excluding carboxylic acids is 1. The summed E-state index contributed by atoms with van der Waals surface area (Å²) in [6, 6.07) is 14.9. The number of sulfone groups is 1. The summed E-state index contributed by atoms with van der Waals surface area (Å²) in [4.78, 5) is 15.7. The molecule has 170 valence electrons. The molecule has 8 nitrogen and oxygen atoms in total. The Kier molecular flexibility index (Phi) is 5.90. The predicted octanol–water partition coefficient (Wildman–Crippen LogP) is 3.46. The normalized spacial score (nSPS) is 17.4. The van der Waals surface area contributed by atoms with Crippen molar-refractivity contribution >= 4 is 50.0 Å². The van der Waals surface area contributed by atoms with E-state index in [1.165, 1.54) is 11.8 Å². The van der Waals surface area contributed by atoms with E-state index in [9.17, 15) is 13.2 Å². The number of amides is 1. The summed E-state index contributed by atoms with van der Waals surface area (Å²) >= 11 is 7.33. The zero-order valence-electron chi connectivity index (χ0n) is 17.4. The molecule has 1 amide bonds. The van der Waals surface area contributed by atoms with Crippen LogP contribution in [0.1, 0.15) is 6.42 Å². The van der Waals surface area contributed by atoms with E-state index in [-0.39, 0.29) is 29.2 Å². The number of H-pyrrole nitrogens is 1. The van der Waals surface area contributed by atoms with Crippen molar-refractivity contribution in [2.24, 2.45) is 0 Å². The summed E-state index contributed by atoms with van der Waals surface area (Å²) in [5.74, 6) is 0.607. The van der Waals surface area contributed by atoms with Crippen molar-refractivity contribution in [1.29, 1.82) is 0 Å². The lowest BCUT2D eigenvalue weighted by Crippen LogP contribution is -2.36. The van der Waals surface area contributed by atoms with Crippen molar-refractivity contribution in [1.82, 2.24) is 25.1 Å². The van der Waals surface area contributed by atoms with Crippen LogP contribution in [0.5, 0.6) is 0 Å². The highest BCUT2D eigenvalue weighted by molar-refractivity contribution is 7.99. The topological polar surface area (TPSA) is 110 Å². The van der Waals surface area contributed by atoms with Gasteiger partial charge in [-0.05, 0) is 36.8 Å². The minimum absolute atomic E-state index is 0.00489. The van der Waals surface area contributed by atoms with Crippen LogP contribution in [0.2, 0.25) is 5.02 Å². The average Bonchev–Trinajstić information content (AvgIpc) is 3.49. The Morgan fingerprint density at radius 2 is 1.97 bits per heavy atom. The van der Waals surface area contributed by atoms with Crippen molar-refractivity contribution in [3.8, 4) is 17.1 Å². The fraction of sp³-hybridized carbons (Fsp3) is 0.227. The van der Waals surface area contributed by atoms with Crippen LogP contribution in [0.4, 0.5) is 0 Å². The van der Waals surface area contributed by atoms with Gasteiger partial charge in [-0.3, -0.25) is 9.36 Å². The van der Waals surface area contributed by atoms with Gasteiger partial charge in [-0.1, -0.05) is 41.6 Å². The minimum atomic E-state index is -3.06. The number of para-hydroxylation sites is 1. The van der Waals surface area contributed by atoms with Crippen LogP contribution >= 0.6 is 23.4 Å². The van der Waals surface area contributed by atoms with Gasteiger partial charge in [0.25, 0.3) is 0 Å². The number of carbonyl (C=O) groups is 1. The van der Waals surface area contributed by atoms with E-state index < -0.39 is 9.84 Å². The van der Waals surface area contributed by atoms with Crippen LogP contribution in [0.3, 0.4) is 0 Å². The summed E-state index contributed by atoms with van der Waals surface area (Å²) in [5, 5.41) is 13.8. The number of nitrogens with zero attached hydrogens (tertiary/aromatic N) is 3. The summed E-state index contributed by atoms with van der Waals surface area (Å²) in [6.07, 6.45) is 2.34. The molecule has 1 atom stereocenters. The number of benzene rings is 2. The van der Waals surface area contributed by atoms with Gasteiger partial charge in [0.15, 0.2) is 20.8 Å². The fourth-order valence-electron chi connectivity index (χ4n) is 3.93. The molecule has 1 aliphatic heterocycles. The zero-order chi connectivity index (χ0) is 23.0. The molecule has 0 saturated carbocycles. The lowest BCUT2D eigenvalue weighted by Gasteiger charge is -2.12. The van der Waals surface area contributed by atoms with E-state index in [0.717, 1.165) is 22.2 Å². The molecule has 0 spiro atoms. The number of halogens is 1. The second-order valence-corrected chi connectivity index (χ2v) is 11.4. The molecular formula is C22H20ClN5O3S2. The van der Waals surface area contributed by atoms with Gasteiger partial charge >= 0.3 is 0 Å². The van der Waals surface area contributed by atoms with E-state index in [2.05, 4.69) is 20.5 Å². The minimum Gasteiger partial charge on any atom is -0.360 e. The summed E-state index contributed by atoms with van der Waals surface area (Å²) in [6.45, 7) is 0. The molecule has 0 aliphatic carbocycles. The van der Waals surface area contributed by atoms with Crippen LogP contribution in [0.25, 0.3) is 28.0 Å². The highest BCUT2D eigenvalue weighted by atomic mass is 35.5. The number of fused-ring (bicyclic) bond motifs is 1. The third-order valence-corrected chi connectivity index (χ3v) is 8.43. The van der Waals surface area contributed by atoms with E-state index in [0.29, 0.717) is 22.4 Å². The number of aromatic nitrogens is 4. The molecule has 0 bridgehead atoms. The molecule has 3 heterocycles. The average molecular weight is 502 g/mol. The van der Waals surface area contributed by atoms with E-state index >= 15 is 0 Å². The first-order valence-corrected chi connectivity index (χ1v) is 13.5. The summed E-state index contributed by atoms with van der Waals surface area (Å²) < 4.78 is 25.2. The third-order valence-electron chi connectivity index (χ3n) is 5.48. The maximum atomic E-state index is 12.5.